The largest absolute Gasteiger partial charge is 0.0998 e. The smallest absolute Gasteiger partial charge is 0.0201 e. The molecular formula is C24H38. The van der Waals surface area contributed by atoms with Gasteiger partial charge >= 0.3 is 0 Å². The summed E-state index contributed by atoms with van der Waals surface area (Å²) in [5, 5.41) is 0. The van der Waals surface area contributed by atoms with E-state index in [2.05, 4.69) is 20.4 Å². The zero-order chi connectivity index (χ0) is 16.6. The molecule has 0 heterocycles. The Morgan fingerprint density at radius 3 is 2.54 bits per heavy atom. The number of allylic oxidation sites excluding steroid dienone is 1. The molecule has 0 aromatic rings. The highest BCUT2D eigenvalue weighted by molar-refractivity contribution is 5.17. The van der Waals surface area contributed by atoms with Crippen molar-refractivity contribution >= 4 is 0 Å². The Bertz CT molecular complexity index is 546. The van der Waals surface area contributed by atoms with E-state index < -0.39 is 0 Å². The Hall–Kier alpha value is -0.260. The zero-order valence-electron chi connectivity index (χ0n) is 16.2. The number of rotatable bonds is 0. The Morgan fingerprint density at radius 2 is 1.67 bits per heavy atom. The first-order chi connectivity index (χ1) is 11.5. The lowest BCUT2D eigenvalue weighted by atomic mass is 9.39. The summed E-state index contributed by atoms with van der Waals surface area (Å²) in [6.07, 6.45) is 19.6. The first kappa shape index (κ1) is 16.0. The topological polar surface area (TPSA) is 0 Å². The normalized spacial score (nSPS) is 56.8. The molecule has 0 N–H and O–H groups in total. The molecule has 0 bridgehead atoms. The van der Waals surface area contributed by atoms with E-state index in [-0.39, 0.29) is 0 Å². The molecule has 0 amide bonds. The van der Waals surface area contributed by atoms with Crippen LogP contribution in [0.3, 0.4) is 0 Å². The molecule has 7 atom stereocenters. The highest BCUT2D eigenvalue weighted by Crippen LogP contribution is 2.72. The summed E-state index contributed by atoms with van der Waals surface area (Å²) in [5.41, 5.74) is 3.61. The van der Waals surface area contributed by atoms with Crippen LogP contribution in [0.4, 0.5) is 0 Å². The van der Waals surface area contributed by atoms with Crippen LogP contribution in [0.25, 0.3) is 0 Å². The third kappa shape index (κ3) is 1.87. The van der Waals surface area contributed by atoms with E-state index in [1.807, 2.05) is 0 Å². The summed E-state index contributed by atoms with van der Waals surface area (Å²) in [5.74, 6) is 4.22. The molecule has 0 aromatic carbocycles. The van der Waals surface area contributed by atoms with E-state index in [4.69, 9.17) is 0 Å². The maximum absolute atomic E-state index is 4.45. The van der Waals surface area contributed by atoms with Crippen molar-refractivity contribution in [3.05, 3.63) is 12.2 Å². The predicted octanol–water partition coefficient (Wildman–Crippen LogP) is 7.15. The molecule has 0 heteroatoms. The van der Waals surface area contributed by atoms with E-state index in [0.717, 1.165) is 23.7 Å². The van der Waals surface area contributed by atoms with E-state index in [1.54, 1.807) is 37.7 Å². The molecule has 0 nitrogen and oxygen atoms in total. The second kappa shape index (κ2) is 5.14. The molecule has 5 rings (SSSR count). The molecule has 24 heavy (non-hydrogen) atoms. The van der Waals surface area contributed by atoms with Crippen molar-refractivity contribution in [3.63, 3.8) is 0 Å². The Morgan fingerprint density at radius 1 is 0.833 bits per heavy atom. The van der Waals surface area contributed by atoms with Gasteiger partial charge in [-0.25, -0.2) is 0 Å². The summed E-state index contributed by atoms with van der Waals surface area (Å²) in [6, 6.07) is 0. The lowest BCUT2D eigenvalue weighted by Gasteiger charge is -2.65. The second-order valence-electron chi connectivity index (χ2n) is 11.1. The summed E-state index contributed by atoms with van der Waals surface area (Å²) in [7, 11) is 0. The van der Waals surface area contributed by atoms with Gasteiger partial charge in [-0.15, -0.1) is 0 Å². The summed E-state index contributed by atoms with van der Waals surface area (Å²) in [4.78, 5) is 0. The molecule has 7 unspecified atom stereocenters. The van der Waals surface area contributed by atoms with Gasteiger partial charge in [0.15, 0.2) is 0 Å². The monoisotopic (exact) mass is 326 g/mol. The maximum atomic E-state index is 4.45. The van der Waals surface area contributed by atoms with Crippen molar-refractivity contribution in [2.75, 3.05) is 0 Å². The van der Waals surface area contributed by atoms with Crippen molar-refractivity contribution in [1.29, 1.82) is 0 Å². The van der Waals surface area contributed by atoms with E-state index in [9.17, 15) is 0 Å². The van der Waals surface area contributed by atoms with Gasteiger partial charge in [-0.2, -0.15) is 0 Å². The van der Waals surface area contributed by atoms with Gasteiger partial charge in [0.2, 0.25) is 0 Å². The Balaban J connectivity index is 1.50. The quantitative estimate of drug-likeness (QED) is 0.415. The maximum Gasteiger partial charge on any atom is -0.0201 e. The van der Waals surface area contributed by atoms with E-state index in [1.165, 1.54) is 51.4 Å². The van der Waals surface area contributed by atoms with Crippen LogP contribution in [0, 0.1) is 39.9 Å². The van der Waals surface area contributed by atoms with Gasteiger partial charge in [0.1, 0.15) is 0 Å². The average molecular weight is 327 g/mol. The van der Waals surface area contributed by atoms with Gasteiger partial charge < -0.3 is 0 Å². The number of hydrogen-bond donors (Lipinski definition) is 0. The molecule has 134 valence electrons. The van der Waals surface area contributed by atoms with Crippen molar-refractivity contribution in [3.8, 4) is 0 Å². The summed E-state index contributed by atoms with van der Waals surface area (Å²) in [6.45, 7) is 9.86. The van der Waals surface area contributed by atoms with Gasteiger partial charge in [0, 0.05) is 0 Å². The molecule has 0 aromatic heterocycles. The van der Waals surface area contributed by atoms with Crippen molar-refractivity contribution in [1.82, 2.24) is 0 Å². The van der Waals surface area contributed by atoms with Crippen LogP contribution in [0.2, 0.25) is 0 Å². The van der Waals surface area contributed by atoms with Crippen LogP contribution in [0.5, 0.6) is 0 Å². The molecule has 5 saturated carbocycles. The van der Waals surface area contributed by atoms with Crippen LogP contribution >= 0.6 is 0 Å². The minimum Gasteiger partial charge on any atom is -0.0998 e. The van der Waals surface area contributed by atoms with Crippen LogP contribution in [0.1, 0.15) is 97.3 Å². The van der Waals surface area contributed by atoms with Gasteiger partial charge in [-0.05, 0) is 111 Å². The molecule has 0 aliphatic heterocycles. The molecular weight excluding hydrogens is 288 g/mol. The first-order valence-corrected chi connectivity index (χ1v) is 11.2. The third-order valence-electron chi connectivity index (χ3n) is 10.7. The fourth-order valence-corrected chi connectivity index (χ4v) is 9.25. The SMILES string of the molecule is C=C1CCC2CCC3C4CCC5(C)CCCCC5(C)C4CCC23C1. The van der Waals surface area contributed by atoms with Crippen LogP contribution in [-0.4, -0.2) is 0 Å². The minimum atomic E-state index is 0.652. The molecule has 5 aliphatic rings. The van der Waals surface area contributed by atoms with Crippen LogP contribution in [0.15, 0.2) is 12.2 Å². The average Bonchev–Trinajstić information content (AvgIpc) is 2.94. The van der Waals surface area contributed by atoms with Gasteiger partial charge in [0.05, 0.1) is 0 Å². The van der Waals surface area contributed by atoms with Crippen molar-refractivity contribution < 1.29 is 0 Å². The second-order valence-corrected chi connectivity index (χ2v) is 11.1. The standard InChI is InChI=1S/C24H38/c1-17-6-7-18-8-9-21-19-10-14-22(2)12-4-5-13-23(22,3)20(19)11-15-24(18,21)16-17/h18-21H,1,4-16H2,2-3H3. The lowest BCUT2D eigenvalue weighted by Crippen LogP contribution is -2.57. The van der Waals surface area contributed by atoms with Crippen LogP contribution < -0.4 is 0 Å². The van der Waals surface area contributed by atoms with Gasteiger partial charge in [-0.1, -0.05) is 38.8 Å². The molecule has 0 radical (unpaired) electrons. The zero-order valence-corrected chi connectivity index (χ0v) is 16.2. The summed E-state index contributed by atoms with van der Waals surface area (Å²) < 4.78 is 0. The number of hydrogen-bond acceptors (Lipinski definition) is 0. The van der Waals surface area contributed by atoms with E-state index >= 15 is 0 Å². The molecule has 5 aliphatic carbocycles. The Labute approximate surface area is 149 Å². The molecule has 0 saturated heterocycles. The highest BCUT2D eigenvalue weighted by atomic mass is 14.7. The molecule has 1 spiro atoms. The Kier molecular flexibility index (Phi) is 3.41. The van der Waals surface area contributed by atoms with Crippen molar-refractivity contribution in [2.24, 2.45) is 39.9 Å². The highest BCUT2D eigenvalue weighted by Gasteiger charge is 2.63. The van der Waals surface area contributed by atoms with Crippen molar-refractivity contribution in [2.45, 2.75) is 97.3 Å². The summed E-state index contributed by atoms with van der Waals surface area (Å²) >= 11 is 0. The minimum absolute atomic E-state index is 0.652. The van der Waals surface area contributed by atoms with Gasteiger partial charge in [-0.3, -0.25) is 0 Å². The molecule has 5 fully saturated rings. The number of fused-ring (bicyclic) bond motifs is 4. The fraction of sp³-hybridized carbons (Fsp3) is 0.917. The van der Waals surface area contributed by atoms with E-state index in [0.29, 0.717) is 16.2 Å². The van der Waals surface area contributed by atoms with Gasteiger partial charge in [0.25, 0.3) is 0 Å². The lowest BCUT2D eigenvalue weighted by molar-refractivity contribution is -0.157. The third-order valence-corrected chi connectivity index (χ3v) is 10.7. The first-order valence-electron chi connectivity index (χ1n) is 11.2. The fourth-order valence-electron chi connectivity index (χ4n) is 9.25. The predicted molar refractivity (Wildman–Crippen MR) is 102 cm³/mol. The van der Waals surface area contributed by atoms with Crippen LogP contribution in [-0.2, 0) is 0 Å².